The first-order chi connectivity index (χ1) is 8.72. The summed E-state index contributed by atoms with van der Waals surface area (Å²) in [6, 6.07) is 5.72. The van der Waals surface area contributed by atoms with Crippen LogP contribution in [0.4, 0.5) is 0 Å². The van der Waals surface area contributed by atoms with E-state index in [0.29, 0.717) is 18.3 Å². The molecule has 0 atom stereocenters. The minimum Gasteiger partial charge on any atom is -0.483 e. The average Bonchev–Trinajstić information content (AvgIpc) is 2.85. The summed E-state index contributed by atoms with van der Waals surface area (Å²) in [5.74, 6) is 1.82. The van der Waals surface area contributed by atoms with Gasteiger partial charge in [0, 0.05) is 13.0 Å². The van der Waals surface area contributed by atoms with E-state index in [1.54, 1.807) is 0 Å². The van der Waals surface area contributed by atoms with Gasteiger partial charge in [0.05, 0.1) is 4.47 Å². The van der Waals surface area contributed by atoms with Gasteiger partial charge >= 0.3 is 0 Å². The Labute approximate surface area is 113 Å². The Morgan fingerprint density at radius 2 is 2.11 bits per heavy atom. The molecule has 0 aliphatic rings. The van der Waals surface area contributed by atoms with E-state index in [0.717, 1.165) is 22.2 Å². The lowest BCUT2D eigenvalue weighted by atomic mass is 10.2. The average molecular weight is 312 g/mol. The van der Waals surface area contributed by atoms with Crippen molar-refractivity contribution >= 4 is 15.9 Å². The summed E-state index contributed by atoms with van der Waals surface area (Å²) in [6.45, 7) is 2.72. The lowest BCUT2D eigenvalue weighted by Gasteiger charge is -2.07. The SMILES string of the molecule is CCc1nnc(COc2ccc(CN)cc2Br)o1. The molecule has 0 saturated carbocycles. The molecular weight excluding hydrogens is 298 g/mol. The molecule has 0 spiro atoms. The normalized spacial score (nSPS) is 10.6. The number of ether oxygens (including phenoxy) is 1. The maximum absolute atomic E-state index is 5.60. The van der Waals surface area contributed by atoms with E-state index >= 15 is 0 Å². The fourth-order valence-electron chi connectivity index (χ4n) is 1.42. The number of halogens is 1. The highest BCUT2D eigenvalue weighted by Crippen LogP contribution is 2.26. The summed E-state index contributed by atoms with van der Waals surface area (Å²) >= 11 is 3.43. The molecule has 0 saturated heterocycles. The lowest BCUT2D eigenvalue weighted by Crippen LogP contribution is -1.99. The van der Waals surface area contributed by atoms with Gasteiger partial charge in [-0.05, 0) is 33.6 Å². The third kappa shape index (κ3) is 3.08. The van der Waals surface area contributed by atoms with Gasteiger partial charge in [0.2, 0.25) is 5.89 Å². The predicted molar refractivity (Wildman–Crippen MR) is 70.0 cm³/mol. The molecule has 0 amide bonds. The third-order valence-electron chi connectivity index (χ3n) is 2.39. The van der Waals surface area contributed by atoms with E-state index in [1.807, 2.05) is 25.1 Å². The van der Waals surface area contributed by atoms with Gasteiger partial charge in [-0.2, -0.15) is 0 Å². The van der Waals surface area contributed by atoms with Crippen molar-refractivity contribution in [3.63, 3.8) is 0 Å². The summed E-state index contributed by atoms with van der Waals surface area (Å²) in [6.07, 6.45) is 0.724. The minimum atomic E-state index is 0.258. The van der Waals surface area contributed by atoms with Crippen LogP contribution in [-0.2, 0) is 19.6 Å². The Morgan fingerprint density at radius 3 is 2.72 bits per heavy atom. The van der Waals surface area contributed by atoms with Crippen LogP contribution in [0.15, 0.2) is 27.1 Å². The second-order valence-corrected chi connectivity index (χ2v) is 4.56. The number of hydrogen-bond donors (Lipinski definition) is 1. The Hall–Kier alpha value is -1.40. The quantitative estimate of drug-likeness (QED) is 0.918. The van der Waals surface area contributed by atoms with E-state index < -0.39 is 0 Å². The Morgan fingerprint density at radius 1 is 1.33 bits per heavy atom. The largest absolute Gasteiger partial charge is 0.483 e. The first kappa shape index (κ1) is 13.0. The summed E-state index contributed by atoms with van der Waals surface area (Å²) in [4.78, 5) is 0. The summed E-state index contributed by atoms with van der Waals surface area (Å²) in [7, 11) is 0. The molecule has 5 nitrogen and oxygen atoms in total. The van der Waals surface area contributed by atoms with Gasteiger partial charge in [-0.25, -0.2) is 0 Å². The maximum Gasteiger partial charge on any atom is 0.253 e. The van der Waals surface area contributed by atoms with Crippen LogP contribution in [0, 0.1) is 0 Å². The van der Waals surface area contributed by atoms with Crippen LogP contribution < -0.4 is 10.5 Å². The van der Waals surface area contributed by atoms with Crippen LogP contribution in [0.3, 0.4) is 0 Å². The fraction of sp³-hybridized carbons (Fsp3) is 0.333. The number of aryl methyl sites for hydroxylation is 1. The lowest BCUT2D eigenvalue weighted by molar-refractivity contribution is 0.258. The van der Waals surface area contributed by atoms with Crippen LogP contribution in [0.1, 0.15) is 24.3 Å². The number of nitrogens with two attached hydrogens (primary N) is 1. The minimum absolute atomic E-state index is 0.258. The van der Waals surface area contributed by atoms with Crippen molar-refractivity contribution in [2.75, 3.05) is 0 Å². The molecule has 6 heteroatoms. The molecule has 0 aliphatic carbocycles. The highest BCUT2D eigenvalue weighted by atomic mass is 79.9. The van der Waals surface area contributed by atoms with Crippen LogP contribution in [-0.4, -0.2) is 10.2 Å². The molecule has 96 valence electrons. The Balaban J connectivity index is 2.01. The van der Waals surface area contributed by atoms with E-state index in [-0.39, 0.29) is 6.61 Å². The Kier molecular flexibility index (Phi) is 4.33. The van der Waals surface area contributed by atoms with Gasteiger partial charge in [0.15, 0.2) is 6.61 Å². The monoisotopic (exact) mass is 311 g/mol. The molecule has 18 heavy (non-hydrogen) atoms. The van der Waals surface area contributed by atoms with Crippen molar-refractivity contribution in [3.8, 4) is 5.75 Å². The molecule has 1 aromatic heterocycles. The fourth-order valence-corrected chi connectivity index (χ4v) is 1.96. The predicted octanol–water partition coefficient (Wildman–Crippen LogP) is 2.43. The molecule has 2 aromatic rings. The van der Waals surface area contributed by atoms with Crippen LogP contribution in [0.25, 0.3) is 0 Å². The zero-order chi connectivity index (χ0) is 13.0. The molecular formula is C12H14BrN3O2. The van der Waals surface area contributed by atoms with Crippen molar-refractivity contribution in [1.82, 2.24) is 10.2 Å². The van der Waals surface area contributed by atoms with Crippen LogP contribution in [0.2, 0.25) is 0 Å². The van der Waals surface area contributed by atoms with Gasteiger partial charge in [-0.1, -0.05) is 13.0 Å². The van der Waals surface area contributed by atoms with Crippen molar-refractivity contribution in [2.45, 2.75) is 26.5 Å². The molecule has 1 heterocycles. The maximum atomic E-state index is 5.60. The first-order valence-electron chi connectivity index (χ1n) is 5.65. The van der Waals surface area contributed by atoms with Gasteiger partial charge in [0.1, 0.15) is 5.75 Å². The molecule has 0 fully saturated rings. The standard InChI is InChI=1S/C12H14BrN3O2/c1-2-11-15-16-12(18-11)7-17-10-4-3-8(6-14)5-9(10)13/h3-5H,2,6-7,14H2,1H3. The first-order valence-corrected chi connectivity index (χ1v) is 6.44. The van der Waals surface area contributed by atoms with E-state index in [4.69, 9.17) is 14.9 Å². The number of aromatic nitrogens is 2. The van der Waals surface area contributed by atoms with Gasteiger partial charge in [-0.15, -0.1) is 10.2 Å². The molecule has 0 aliphatic heterocycles. The zero-order valence-corrected chi connectivity index (χ0v) is 11.6. The number of hydrogen-bond acceptors (Lipinski definition) is 5. The van der Waals surface area contributed by atoms with Crippen molar-refractivity contribution in [2.24, 2.45) is 5.73 Å². The highest BCUT2D eigenvalue weighted by molar-refractivity contribution is 9.10. The second kappa shape index (κ2) is 5.97. The van der Waals surface area contributed by atoms with Gasteiger partial charge in [0.25, 0.3) is 5.89 Å². The van der Waals surface area contributed by atoms with Crippen molar-refractivity contribution in [3.05, 3.63) is 40.0 Å². The summed E-state index contributed by atoms with van der Waals surface area (Å²) < 4.78 is 11.8. The molecule has 2 N–H and O–H groups in total. The van der Waals surface area contributed by atoms with Gasteiger partial charge < -0.3 is 14.9 Å². The molecule has 0 unspecified atom stereocenters. The third-order valence-corrected chi connectivity index (χ3v) is 3.01. The second-order valence-electron chi connectivity index (χ2n) is 3.70. The van der Waals surface area contributed by atoms with E-state index in [1.165, 1.54) is 0 Å². The number of rotatable bonds is 5. The van der Waals surface area contributed by atoms with Crippen molar-refractivity contribution in [1.29, 1.82) is 0 Å². The van der Waals surface area contributed by atoms with E-state index in [9.17, 15) is 0 Å². The van der Waals surface area contributed by atoms with Crippen LogP contribution in [0.5, 0.6) is 5.75 Å². The molecule has 2 rings (SSSR count). The van der Waals surface area contributed by atoms with Gasteiger partial charge in [-0.3, -0.25) is 0 Å². The number of benzene rings is 1. The van der Waals surface area contributed by atoms with Crippen LogP contribution >= 0.6 is 15.9 Å². The molecule has 0 radical (unpaired) electrons. The molecule has 0 bridgehead atoms. The Bertz CT molecular complexity index is 528. The van der Waals surface area contributed by atoms with E-state index in [2.05, 4.69) is 26.1 Å². The zero-order valence-electron chi connectivity index (χ0n) is 10.0. The smallest absolute Gasteiger partial charge is 0.253 e. The highest BCUT2D eigenvalue weighted by Gasteiger charge is 2.07. The summed E-state index contributed by atoms with van der Waals surface area (Å²) in [5, 5.41) is 7.76. The topological polar surface area (TPSA) is 74.2 Å². The van der Waals surface area contributed by atoms with Crippen molar-refractivity contribution < 1.29 is 9.15 Å². The molecule has 1 aromatic carbocycles. The number of nitrogens with zero attached hydrogens (tertiary/aromatic N) is 2. The summed E-state index contributed by atoms with van der Waals surface area (Å²) in [5.41, 5.74) is 6.60.